The van der Waals surface area contributed by atoms with E-state index < -0.39 is 29.1 Å². The standard InChI is InChI=1S/C13H18F2N2O2S/c1-7(20-3)6-17-13(18)12(16)11-9(14)4-8(19-2)5-10(11)15/h4-5,7,12H,6,16H2,1-3H3,(H,17,18). The van der Waals surface area contributed by atoms with Crippen molar-refractivity contribution in [3.63, 3.8) is 0 Å². The predicted molar refractivity (Wildman–Crippen MR) is 75.8 cm³/mol. The third-order valence-corrected chi connectivity index (χ3v) is 3.82. The molecule has 0 aliphatic rings. The Labute approximate surface area is 121 Å². The van der Waals surface area contributed by atoms with E-state index in [-0.39, 0.29) is 11.0 Å². The zero-order chi connectivity index (χ0) is 15.3. The van der Waals surface area contributed by atoms with Gasteiger partial charge in [-0.15, -0.1) is 0 Å². The van der Waals surface area contributed by atoms with Crippen molar-refractivity contribution in [1.29, 1.82) is 0 Å². The molecule has 2 unspecified atom stereocenters. The van der Waals surface area contributed by atoms with E-state index in [1.807, 2.05) is 13.2 Å². The van der Waals surface area contributed by atoms with Gasteiger partial charge in [-0.2, -0.15) is 11.8 Å². The average Bonchev–Trinajstić information content (AvgIpc) is 2.42. The maximum absolute atomic E-state index is 13.8. The zero-order valence-electron chi connectivity index (χ0n) is 11.6. The van der Waals surface area contributed by atoms with Crippen molar-refractivity contribution < 1.29 is 18.3 Å². The zero-order valence-corrected chi connectivity index (χ0v) is 12.4. The molecule has 0 aromatic heterocycles. The molecule has 0 saturated heterocycles. The summed E-state index contributed by atoms with van der Waals surface area (Å²) in [4.78, 5) is 11.8. The summed E-state index contributed by atoms with van der Waals surface area (Å²) >= 11 is 1.57. The normalized spacial score (nSPS) is 13.7. The van der Waals surface area contributed by atoms with E-state index in [1.54, 1.807) is 11.8 Å². The second kappa shape index (κ2) is 7.44. The summed E-state index contributed by atoms with van der Waals surface area (Å²) in [6.45, 7) is 2.30. The Morgan fingerprint density at radius 2 is 2.00 bits per heavy atom. The van der Waals surface area contributed by atoms with Crippen LogP contribution in [0.4, 0.5) is 8.78 Å². The first-order valence-electron chi connectivity index (χ1n) is 5.99. The lowest BCUT2D eigenvalue weighted by atomic mass is 10.1. The second-order valence-electron chi connectivity index (χ2n) is 4.27. The van der Waals surface area contributed by atoms with E-state index in [0.29, 0.717) is 6.54 Å². The Kier molecular flexibility index (Phi) is 6.22. The summed E-state index contributed by atoms with van der Waals surface area (Å²) < 4.78 is 32.3. The van der Waals surface area contributed by atoms with Crippen LogP contribution >= 0.6 is 11.8 Å². The fourth-order valence-electron chi connectivity index (χ4n) is 1.54. The van der Waals surface area contributed by atoms with Crippen LogP contribution in [0.5, 0.6) is 5.75 Å². The Hall–Kier alpha value is -1.34. The largest absolute Gasteiger partial charge is 0.497 e. The quantitative estimate of drug-likeness (QED) is 0.842. The van der Waals surface area contributed by atoms with E-state index >= 15 is 0 Å². The molecule has 112 valence electrons. The molecule has 0 aliphatic carbocycles. The lowest BCUT2D eigenvalue weighted by Crippen LogP contribution is -2.38. The number of methoxy groups -OCH3 is 1. The van der Waals surface area contributed by atoms with Crippen LogP contribution in [-0.4, -0.2) is 31.1 Å². The lowest BCUT2D eigenvalue weighted by molar-refractivity contribution is -0.122. The molecule has 4 nitrogen and oxygen atoms in total. The van der Waals surface area contributed by atoms with Gasteiger partial charge >= 0.3 is 0 Å². The van der Waals surface area contributed by atoms with Crippen molar-refractivity contribution in [3.05, 3.63) is 29.3 Å². The Morgan fingerprint density at radius 1 is 1.45 bits per heavy atom. The second-order valence-corrected chi connectivity index (χ2v) is 5.55. The van der Waals surface area contributed by atoms with Gasteiger partial charge in [0.15, 0.2) is 0 Å². The molecule has 1 aromatic rings. The minimum absolute atomic E-state index is 0.0346. The molecule has 0 heterocycles. The number of benzene rings is 1. The van der Waals surface area contributed by atoms with Gasteiger partial charge in [-0.3, -0.25) is 4.79 Å². The number of hydrogen-bond donors (Lipinski definition) is 2. The van der Waals surface area contributed by atoms with Gasteiger partial charge in [-0.1, -0.05) is 6.92 Å². The SMILES string of the molecule is COc1cc(F)c(C(N)C(=O)NCC(C)SC)c(F)c1. The molecule has 0 saturated carbocycles. The van der Waals surface area contributed by atoms with E-state index in [1.165, 1.54) is 7.11 Å². The molecule has 1 amide bonds. The monoisotopic (exact) mass is 304 g/mol. The predicted octanol–water partition coefficient (Wildman–Crippen LogP) is 1.84. The van der Waals surface area contributed by atoms with Gasteiger partial charge in [-0.25, -0.2) is 8.78 Å². The van der Waals surface area contributed by atoms with Crippen LogP contribution in [-0.2, 0) is 4.79 Å². The highest BCUT2D eigenvalue weighted by Crippen LogP contribution is 2.24. The summed E-state index contributed by atoms with van der Waals surface area (Å²) in [6, 6.07) is 0.599. The highest BCUT2D eigenvalue weighted by atomic mass is 32.2. The summed E-state index contributed by atoms with van der Waals surface area (Å²) in [5.74, 6) is -2.38. The van der Waals surface area contributed by atoms with Crippen LogP contribution in [0.25, 0.3) is 0 Å². The van der Waals surface area contributed by atoms with Gasteiger partial charge in [-0.05, 0) is 6.26 Å². The lowest BCUT2D eigenvalue weighted by Gasteiger charge is -2.16. The number of ether oxygens (including phenoxy) is 1. The molecule has 0 radical (unpaired) electrons. The van der Waals surface area contributed by atoms with Crippen molar-refractivity contribution in [2.24, 2.45) is 5.73 Å². The molecular formula is C13H18F2N2O2S. The molecule has 7 heteroatoms. The molecule has 0 bridgehead atoms. The van der Waals surface area contributed by atoms with Gasteiger partial charge in [0.2, 0.25) is 5.91 Å². The van der Waals surface area contributed by atoms with Crippen LogP contribution in [0.1, 0.15) is 18.5 Å². The Morgan fingerprint density at radius 3 is 2.45 bits per heavy atom. The van der Waals surface area contributed by atoms with Crippen molar-refractivity contribution in [2.45, 2.75) is 18.2 Å². The summed E-state index contributed by atoms with van der Waals surface area (Å²) in [5, 5.41) is 2.76. The number of carbonyl (C=O) groups is 1. The van der Waals surface area contributed by atoms with Gasteiger partial charge < -0.3 is 15.8 Å². The van der Waals surface area contributed by atoms with Gasteiger partial charge in [0.05, 0.1) is 12.7 Å². The van der Waals surface area contributed by atoms with E-state index in [9.17, 15) is 13.6 Å². The van der Waals surface area contributed by atoms with Gasteiger partial charge in [0, 0.05) is 23.9 Å². The van der Waals surface area contributed by atoms with E-state index in [0.717, 1.165) is 12.1 Å². The highest BCUT2D eigenvalue weighted by Gasteiger charge is 2.24. The van der Waals surface area contributed by atoms with Crippen molar-refractivity contribution in [3.8, 4) is 5.75 Å². The molecule has 20 heavy (non-hydrogen) atoms. The van der Waals surface area contributed by atoms with E-state index in [2.05, 4.69) is 5.32 Å². The number of hydrogen-bond acceptors (Lipinski definition) is 4. The first kappa shape index (κ1) is 16.7. The van der Waals surface area contributed by atoms with Crippen LogP contribution in [0.15, 0.2) is 12.1 Å². The third-order valence-electron chi connectivity index (χ3n) is 2.85. The Bertz CT molecular complexity index is 462. The van der Waals surface area contributed by atoms with Crippen LogP contribution < -0.4 is 15.8 Å². The topological polar surface area (TPSA) is 64.3 Å². The number of amides is 1. The van der Waals surface area contributed by atoms with Crippen molar-refractivity contribution in [2.75, 3.05) is 19.9 Å². The molecule has 0 spiro atoms. The molecule has 1 aromatic carbocycles. The highest BCUT2D eigenvalue weighted by molar-refractivity contribution is 7.99. The number of halogens is 2. The third kappa shape index (κ3) is 4.08. The van der Waals surface area contributed by atoms with E-state index in [4.69, 9.17) is 10.5 Å². The van der Waals surface area contributed by atoms with Gasteiger partial charge in [0.25, 0.3) is 0 Å². The maximum Gasteiger partial charge on any atom is 0.241 e. The minimum atomic E-state index is -1.39. The van der Waals surface area contributed by atoms with Crippen LogP contribution in [0, 0.1) is 11.6 Å². The smallest absolute Gasteiger partial charge is 0.241 e. The van der Waals surface area contributed by atoms with Crippen LogP contribution in [0.2, 0.25) is 0 Å². The molecule has 2 atom stereocenters. The van der Waals surface area contributed by atoms with Crippen molar-refractivity contribution in [1.82, 2.24) is 5.32 Å². The fraction of sp³-hybridized carbons (Fsp3) is 0.462. The Balaban J connectivity index is 2.86. The number of carbonyl (C=O) groups excluding carboxylic acids is 1. The molecule has 3 N–H and O–H groups in total. The fourth-order valence-corrected chi connectivity index (χ4v) is 1.79. The first-order chi connectivity index (χ1) is 9.40. The summed E-state index contributed by atoms with van der Waals surface area (Å²) in [7, 11) is 1.30. The summed E-state index contributed by atoms with van der Waals surface area (Å²) in [6.07, 6.45) is 1.90. The van der Waals surface area contributed by atoms with Gasteiger partial charge in [0.1, 0.15) is 23.4 Å². The van der Waals surface area contributed by atoms with Crippen molar-refractivity contribution >= 4 is 17.7 Å². The molecule has 0 aliphatic heterocycles. The molecular weight excluding hydrogens is 286 g/mol. The minimum Gasteiger partial charge on any atom is -0.497 e. The first-order valence-corrected chi connectivity index (χ1v) is 7.28. The molecule has 1 rings (SSSR count). The number of thioether (sulfide) groups is 1. The maximum atomic E-state index is 13.8. The summed E-state index contributed by atoms with van der Waals surface area (Å²) in [5.41, 5.74) is 5.16. The molecule has 0 fully saturated rings. The number of nitrogens with two attached hydrogens (primary N) is 1. The number of nitrogens with one attached hydrogen (secondary N) is 1. The van der Waals surface area contributed by atoms with Crippen LogP contribution in [0.3, 0.4) is 0 Å². The number of rotatable bonds is 6. The average molecular weight is 304 g/mol.